The quantitative estimate of drug-likeness (QED) is 0.517. The topological polar surface area (TPSA) is 77.0 Å². The molecule has 1 heterocycles. The van der Waals surface area contributed by atoms with E-state index in [9.17, 15) is 9.59 Å². The maximum absolute atomic E-state index is 12.8. The number of anilines is 1. The Labute approximate surface area is 190 Å². The predicted molar refractivity (Wildman–Crippen MR) is 129 cm³/mol. The van der Waals surface area contributed by atoms with Crippen LogP contribution in [0.4, 0.5) is 5.69 Å². The number of hydrogen-bond acceptors (Lipinski definition) is 3. The van der Waals surface area contributed by atoms with E-state index in [1.165, 1.54) is 5.56 Å². The zero-order chi connectivity index (χ0) is 22.9. The fraction of sp³-hybridized carbons (Fsp3) is 0.400. The van der Waals surface area contributed by atoms with Gasteiger partial charge in [-0.1, -0.05) is 30.3 Å². The van der Waals surface area contributed by atoms with Crippen molar-refractivity contribution >= 4 is 23.5 Å². The lowest BCUT2D eigenvalue weighted by Gasteiger charge is -2.29. The van der Waals surface area contributed by atoms with Crippen LogP contribution in [0.1, 0.15) is 34.8 Å². The molecule has 3 rings (SSSR count). The lowest BCUT2D eigenvalue weighted by atomic mass is 10.0. The molecule has 2 aromatic carbocycles. The number of nitrogens with zero attached hydrogens (tertiary/aromatic N) is 3. The Balaban J connectivity index is 1.57. The van der Waals surface area contributed by atoms with Crippen molar-refractivity contribution in [2.45, 2.75) is 26.2 Å². The molecule has 1 aliphatic rings. The molecule has 2 amide bonds. The first-order chi connectivity index (χ1) is 15.5. The molecule has 170 valence electrons. The first-order valence-corrected chi connectivity index (χ1v) is 11.2. The Morgan fingerprint density at radius 2 is 1.91 bits per heavy atom. The minimum absolute atomic E-state index is 0.00394. The lowest BCUT2D eigenvalue weighted by Crippen LogP contribution is -2.41. The number of para-hydroxylation sites is 1. The summed E-state index contributed by atoms with van der Waals surface area (Å²) >= 11 is 0. The normalized spacial score (nSPS) is 13.3. The van der Waals surface area contributed by atoms with Gasteiger partial charge in [-0.25, -0.2) is 4.99 Å². The number of nitrogens with one attached hydrogen (secondary N) is 2. The zero-order valence-corrected chi connectivity index (χ0v) is 19.2. The van der Waals surface area contributed by atoms with Crippen molar-refractivity contribution in [2.24, 2.45) is 4.99 Å². The second kappa shape index (κ2) is 11.3. The molecule has 0 atom stereocenters. The van der Waals surface area contributed by atoms with Crippen LogP contribution in [0.2, 0.25) is 0 Å². The van der Waals surface area contributed by atoms with Gasteiger partial charge in [-0.15, -0.1) is 0 Å². The fourth-order valence-electron chi connectivity index (χ4n) is 3.81. The average Bonchev–Trinajstić information content (AvgIpc) is 2.81. The lowest BCUT2D eigenvalue weighted by molar-refractivity contribution is -0.117. The van der Waals surface area contributed by atoms with Crippen LogP contribution >= 0.6 is 0 Å². The Morgan fingerprint density at radius 3 is 2.69 bits per heavy atom. The molecule has 0 saturated carbocycles. The van der Waals surface area contributed by atoms with Crippen LogP contribution in [-0.4, -0.2) is 62.9 Å². The number of aryl methyl sites for hydroxylation is 1. The third-order valence-electron chi connectivity index (χ3n) is 5.41. The molecule has 0 aromatic heterocycles. The first kappa shape index (κ1) is 23.3. The molecular weight excluding hydrogens is 402 g/mol. The summed E-state index contributed by atoms with van der Waals surface area (Å²) in [5.74, 6) is 0.614. The Morgan fingerprint density at radius 1 is 1.09 bits per heavy atom. The molecule has 2 aromatic rings. The van der Waals surface area contributed by atoms with Crippen molar-refractivity contribution in [3.8, 4) is 0 Å². The molecule has 0 aliphatic carbocycles. The van der Waals surface area contributed by atoms with E-state index in [2.05, 4.69) is 21.7 Å². The van der Waals surface area contributed by atoms with Gasteiger partial charge in [0.1, 0.15) is 6.54 Å². The van der Waals surface area contributed by atoms with Gasteiger partial charge < -0.3 is 20.4 Å². The van der Waals surface area contributed by atoms with Gasteiger partial charge in [0.05, 0.1) is 0 Å². The van der Waals surface area contributed by atoms with E-state index in [0.717, 1.165) is 37.1 Å². The summed E-state index contributed by atoms with van der Waals surface area (Å²) in [5, 5.41) is 6.49. The van der Waals surface area contributed by atoms with Gasteiger partial charge in [-0.3, -0.25) is 9.59 Å². The summed E-state index contributed by atoms with van der Waals surface area (Å²) in [4.78, 5) is 32.9. The standard InChI is InChI=1S/C25H33N5O2/c1-4-26-25(27-15-14-19-9-7-11-21(17-19)24(32)29(2)3)28-18-23(31)30-16-8-12-20-10-5-6-13-22(20)30/h5-7,9-11,13,17H,4,8,12,14-16,18H2,1-3H3,(H2,26,27,28). The van der Waals surface area contributed by atoms with Crippen LogP contribution in [0.15, 0.2) is 53.5 Å². The summed E-state index contributed by atoms with van der Waals surface area (Å²) in [6.45, 7) is 4.18. The molecule has 0 spiro atoms. The third kappa shape index (κ3) is 6.09. The van der Waals surface area contributed by atoms with E-state index in [0.29, 0.717) is 24.6 Å². The minimum atomic E-state index is -0.00694. The Hall–Kier alpha value is -3.35. The van der Waals surface area contributed by atoms with Gasteiger partial charge in [0, 0.05) is 45.0 Å². The van der Waals surface area contributed by atoms with E-state index >= 15 is 0 Å². The third-order valence-corrected chi connectivity index (χ3v) is 5.41. The molecule has 7 heteroatoms. The smallest absolute Gasteiger partial charge is 0.253 e. The number of benzene rings is 2. The summed E-state index contributed by atoms with van der Waals surface area (Å²) in [7, 11) is 3.50. The summed E-state index contributed by atoms with van der Waals surface area (Å²) < 4.78 is 0. The van der Waals surface area contributed by atoms with Crippen molar-refractivity contribution in [3.05, 3.63) is 65.2 Å². The van der Waals surface area contributed by atoms with E-state index in [1.807, 2.05) is 54.3 Å². The monoisotopic (exact) mass is 435 g/mol. The average molecular weight is 436 g/mol. The number of amides is 2. The zero-order valence-electron chi connectivity index (χ0n) is 19.2. The van der Waals surface area contributed by atoms with Crippen LogP contribution in [0.5, 0.6) is 0 Å². The molecule has 0 unspecified atom stereocenters. The van der Waals surface area contributed by atoms with Crippen LogP contribution in [-0.2, 0) is 17.6 Å². The summed E-state index contributed by atoms with van der Waals surface area (Å²) in [6.07, 6.45) is 2.72. The number of aliphatic imine (C=N–C) groups is 1. The highest BCUT2D eigenvalue weighted by Gasteiger charge is 2.21. The van der Waals surface area contributed by atoms with Gasteiger partial charge in [0.2, 0.25) is 5.91 Å². The summed E-state index contributed by atoms with van der Waals surface area (Å²) in [5.41, 5.74) is 3.97. The highest BCUT2D eigenvalue weighted by Crippen LogP contribution is 2.26. The van der Waals surface area contributed by atoms with Crippen molar-refractivity contribution in [2.75, 3.05) is 45.2 Å². The summed E-state index contributed by atoms with van der Waals surface area (Å²) in [6, 6.07) is 15.8. The Bertz CT molecular complexity index is 970. The van der Waals surface area contributed by atoms with Crippen molar-refractivity contribution in [1.82, 2.24) is 15.5 Å². The second-order valence-electron chi connectivity index (χ2n) is 8.05. The van der Waals surface area contributed by atoms with E-state index in [1.54, 1.807) is 19.0 Å². The molecule has 2 N–H and O–H groups in total. The highest BCUT2D eigenvalue weighted by molar-refractivity contribution is 5.97. The molecule has 0 radical (unpaired) electrons. The number of fused-ring (bicyclic) bond motifs is 1. The fourth-order valence-corrected chi connectivity index (χ4v) is 3.81. The van der Waals surface area contributed by atoms with E-state index in [-0.39, 0.29) is 18.4 Å². The van der Waals surface area contributed by atoms with Crippen LogP contribution in [0, 0.1) is 0 Å². The van der Waals surface area contributed by atoms with Gasteiger partial charge in [0.25, 0.3) is 5.91 Å². The van der Waals surface area contributed by atoms with Crippen molar-refractivity contribution in [3.63, 3.8) is 0 Å². The van der Waals surface area contributed by atoms with Crippen LogP contribution < -0.4 is 15.5 Å². The molecule has 1 aliphatic heterocycles. The van der Waals surface area contributed by atoms with Gasteiger partial charge in [-0.05, 0) is 55.5 Å². The maximum atomic E-state index is 12.8. The molecular formula is C25H33N5O2. The van der Waals surface area contributed by atoms with Crippen molar-refractivity contribution < 1.29 is 9.59 Å². The SMILES string of the molecule is CCNC(=NCC(=O)N1CCCc2ccccc21)NCCc1cccc(C(=O)N(C)C)c1. The molecule has 0 fully saturated rings. The second-order valence-corrected chi connectivity index (χ2v) is 8.05. The molecule has 0 saturated heterocycles. The number of hydrogen-bond donors (Lipinski definition) is 2. The molecule has 7 nitrogen and oxygen atoms in total. The largest absolute Gasteiger partial charge is 0.357 e. The van der Waals surface area contributed by atoms with E-state index < -0.39 is 0 Å². The van der Waals surface area contributed by atoms with Crippen LogP contribution in [0.3, 0.4) is 0 Å². The van der Waals surface area contributed by atoms with Crippen LogP contribution in [0.25, 0.3) is 0 Å². The first-order valence-electron chi connectivity index (χ1n) is 11.2. The van der Waals surface area contributed by atoms with E-state index in [4.69, 9.17) is 0 Å². The van der Waals surface area contributed by atoms with Gasteiger partial charge >= 0.3 is 0 Å². The predicted octanol–water partition coefficient (Wildman–Crippen LogP) is 2.47. The minimum Gasteiger partial charge on any atom is -0.357 e. The van der Waals surface area contributed by atoms with Gasteiger partial charge in [-0.2, -0.15) is 0 Å². The number of rotatable bonds is 7. The molecule has 32 heavy (non-hydrogen) atoms. The number of guanidine groups is 1. The number of carbonyl (C=O) groups is 2. The van der Waals surface area contributed by atoms with Gasteiger partial charge in [0.15, 0.2) is 5.96 Å². The highest BCUT2D eigenvalue weighted by atomic mass is 16.2. The maximum Gasteiger partial charge on any atom is 0.253 e. The Kier molecular flexibility index (Phi) is 8.25. The molecule has 0 bridgehead atoms. The number of carbonyl (C=O) groups excluding carboxylic acids is 2. The van der Waals surface area contributed by atoms with Crippen molar-refractivity contribution in [1.29, 1.82) is 0 Å².